The Morgan fingerprint density at radius 1 is 1.03 bits per heavy atom. The molecule has 3 aromatic carbocycles. The quantitative estimate of drug-likeness (QED) is 0.287. The molecule has 0 saturated carbocycles. The van der Waals surface area contributed by atoms with Crippen molar-refractivity contribution in [2.24, 2.45) is 0 Å². The molecule has 1 N–H and O–H groups in total. The summed E-state index contributed by atoms with van der Waals surface area (Å²) in [5.41, 5.74) is 3.52. The van der Waals surface area contributed by atoms with Crippen molar-refractivity contribution in [3.63, 3.8) is 0 Å². The zero-order chi connectivity index (χ0) is 24.1. The van der Waals surface area contributed by atoms with E-state index in [1.807, 2.05) is 60.0 Å². The van der Waals surface area contributed by atoms with E-state index in [9.17, 15) is 4.79 Å². The summed E-state index contributed by atoms with van der Waals surface area (Å²) in [6.45, 7) is 2.04. The number of benzene rings is 3. The smallest absolute Gasteiger partial charge is 0.234 e. The second-order valence-electron chi connectivity index (χ2n) is 7.36. The lowest BCUT2D eigenvalue weighted by molar-refractivity contribution is -0.113. The van der Waals surface area contributed by atoms with Crippen molar-refractivity contribution in [2.75, 3.05) is 25.3 Å². The average Bonchev–Trinajstić information content (AvgIpc) is 3.27. The monoisotopic (exact) mass is 538 g/mol. The van der Waals surface area contributed by atoms with Crippen molar-refractivity contribution >= 4 is 39.3 Å². The number of nitrogens with zero attached hydrogens (tertiary/aromatic N) is 3. The van der Waals surface area contributed by atoms with E-state index in [0.717, 1.165) is 21.3 Å². The number of halogens is 1. The summed E-state index contributed by atoms with van der Waals surface area (Å²) in [6.07, 6.45) is 0. The Kier molecular flexibility index (Phi) is 7.54. The van der Waals surface area contributed by atoms with Crippen LogP contribution < -0.4 is 14.8 Å². The number of carbonyl (C=O) groups excluding carboxylic acids is 1. The third kappa shape index (κ3) is 5.26. The van der Waals surface area contributed by atoms with Gasteiger partial charge in [-0.05, 0) is 37.3 Å². The van der Waals surface area contributed by atoms with Crippen LogP contribution in [0.5, 0.6) is 11.5 Å². The summed E-state index contributed by atoms with van der Waals surface area (Å²) in [6, 6.07) is 21.2. The molecule has 0 atom stereocenters. The van der Waals surface area contributed by atoms with Gasteiger partial charge in [-0.2, -0.15) is 0 Å². The lowest BCUT2D eigenvalue weighted by Gasteiger charge is -2.13. The van der Waals surface area contributed by atoms with E-state index in [4.69, 9.17) is 9.47 Å². The SMILES string of the molecule is COc1ccc(OC)c(NC(=O)CSc2nnc(-c3ccccc3Br)n2-c2ccc(C)cc2)c1. The number of carbonyl (C=O) groups is 1. The Bertz CT molecular complexity index is 1310. The van der Waals surface area contributed by atoms with Gasteiger partial charge in [-0.25, -0.2) is 0 Å². The summed E-state index contributed by atoms with van der Waals surface area (Å²) in [5, 5.41) is 12.4. The van der Waals surface area contributed by atoms with Gasteiger partial charge in [0.05, 0.1) is 25.7 Å². The first kappa shape index (κ1) is 23.8. The molecule has 0 aliphatic heterocycles. The third-order valence-corrected chi connectivity index (χ3v) is 6.67. The van der Waals surface area contributed by atoms with E-state index in [2.05, 4.69) is 31.4 Å². The maximum Gasteiger partial charge on any atom is 0.234 e. The van der Waals surface area contributed by atoms with Gasteiger partial charge in [0, 0.05) is 21.8 Å². The van der Waals surface area contributed by atoms with Crippen LogP contribution in [0.4, 0.5) is 5.69 Å². The van der Waals surface area contributed by atoms with Crippen LogP contribution in [-0.2, 0) is 4.79 Å². The first-order valence-corrected chi connectivity index (χ1v) is 12.2. The van der Waals surface area contributed by atoms with Gasteiger partial charge in [0.2, 0.25) is 5.91 Å². The number of amides is 1. The predicted molar refractivity (Wildman–Crippen MR) is 138 cm³/mol. The molecule has 0 aliphatic rings. The van der Waals surface area contributed by atoms with Crippen LogP contribution in [0.3, 0.4) is 0 Å². The van der Waals surface area contributed by atoms with E-state index < -0.39 is 0 Å². The fourth-order valence-electron chi connectivity index (χ4n) is 3.34. The highest BCUT2D eigenvalue weighted by atomic mass is 79.9. The molecule has 0 aliphatic carbocycles. The highest BCUT2D eigenvalue weighted by Gasteiger charge is 2.19. The number of rotatable bonds is 8. The predicted octanol–water partition coefficient (Wildman–Crippen LogP) is 5.75. The number of anilines is 1. The molecule has 1 amide bonds. The molecule has 34 heavy (non-hydrogen) atoms. The number of thioether (sulfide) groups is 1. The maximum absolute atomic E-state index is 12.8. The van der Waals surface area contributed by atoms with Gasteiger partial charge >= 0.3 is 0 Å². The van der Waals surface area contributed by atoms with Crippen molar-refractivity contribution in [1.82, 2.24) is 14.8 Å². The van der Waals surface area contributed by atoms with Crippen molar-refractivity contribution in [1.29, 1.82) is 0 Å². The number of hydrogen-bond acceptors (Lipinski definition) is 6. The van der Waals surface area contributed by atoms with E-state index in [1.54, 1.807) is 32.4 Å². The van der Waals surface area contributed by atoms with Crippen LogP contribution >= 0.6 is 27.7 Å². The number of methoxy groups -OCH3 is 2. The molecular formula is C25H23BrN4O3S. The summed E-state index contributed by atoms with van der Waals surface area (Å²) in [7, 11) is 3.13. The minimum absolute atomic E-state index is 0.139. The van der Waals surface area contributed by atoms with Crippen LogP contribution in [0.15, 0.2) is 76.4 Å². The second-order valence-corrected chi connectivity index (χ2v) is 9.16. The van der Waals surface area contributed by atoms with Gasteiger partial charge in [-0.1, -0.05) is 63.6 Å². The molecule has 4 rings (SSSR count). The molecule has 174 valence electrons. The van der Waals surface area contributed by atoms with E-state index >= 15 is 0 Å². The Morgan fingerprint density at radius 3 is 2.50 bits per heavy atom. The first-order valence-electron chi connectivity index (χ1n) is 10.4. The minimum Gasteiger partial charge on any atom is -0.497 e. The van der Waals surface area contributed by atoms with Crippen LogP contribution in [0.1, 0.15) is 5.56 Å². The van der Waals surface area contributed by atoms with Crippen LogP contribution in [0.25, 0.3) is 17.1 Å². The Hall–Kier alpha value is -3.30. The molecule has 0 saturated heterocycles. The molecule has 9 heteroatoms. The van der Waals surface area contributed by atoms with E-state index in [-0.39, 0.29) is 11.7 Å². The molecule has 1 aromatic heterocycles. The largest absolute Gasteiger partial charge is 0.497 e. The molecular weight excluding hydrogens is 516 g/mol. The lowest BCUT2D eigenvalue weighted by Crippen LogP contribution is -2.15. The Balaban J connectivity index is 1.61. The Morgan fingerprint density at radius 2 is 1.79 bits per heavy atom. The fraction of sp³-hybridized carbons (Fsp3) is 0.160. The number of aryl methyl sites for hydroxylation is 1. The van der Waals surface area contributed by atoms with Crippen molar-refractivity contribution in [3.05, 3.63) is 76.8 Å². The Labute approximate surface area is 210 Å². The standard InChI is InChI=1S/C25H23BrN4O3S/c1-16-8-10-17(11-9-16)30-24(19-6-4-5-7-20(19)26)28-29-25(30)34-15-23(31)27-21-14-18(32-2)12-13-22(21)33-3/h4-14H,15H2,1-3H3,(H,27,31). The van der Waals surface area contributed by atoms with Crippen LogP contribution in [0.2, 0.25) is 0 Å². The molecule has 0 bridgehead atoms. The zero-order valence-electron chi connectivity index (χ0n) is 18.9. The first-order chi connectivity index (χ1) is 16.5. The number of ether oxygens (including phenoxy) is 2. The van der Waals surface area contributed by atoms with Gasteiger partial charge in [-0.15, -0.1) is 10.2 Å². The summed E-state index contributed by atoms with van der Waals surface area (Å²) >= 11 is 4.92. The summed E-state index contributed by atoms with van der Waals surface area (Å²) in [5.74, 6) is 1.81. The van der Waals surface area contributed by atoms with Gasteiger partial charge in [0.1, 0.15) is 11.5 Å². The van der Waals surface area contributed by atoms with Crippen LogP contribution in [-0.4, -0.2) is 40.6 Å². The van der Waals surface area contributed by atoms with Crippen LogP contribution in [0, 0.1) is 6.92 Å². The maximum atomic E-state index is 12.8. The highest BCUT2D eigenvalue weighted by Crippen LogP contribution is 2.33. The van der Waals surface area contributed by atoms with Gasteiger partial charge in [0.25, 0.3) is 0 Å². The summed E-state index contributed by atoms with van der Waals surface area (Å²) in [4.78, 5) is 12.8. The molecule has 0 unspecified atom stereocenters. The average molecular weight is 539 g/mol. The zero-order valence-corrected chi connectivity index (χ0v) is 21.3. The molecule has 0 spiro atoms. The highest BCUT2D eigenvalue weighted by molar-refractivity contribution is 9.10. The molecule has 0 fully saturated rings. The van der Waals surface area contributed by atoms with E-state index in [1.165, 1.54) is 11.8 Å². The normalized spacial score (nSPS) is 10.7. The molecule has 4 aromatic rings. The molecule has 7 nitrogen and oxygen atoms in total. The number of hydrogen-bond donors (Lipinski definition) is 1. The minimum atomic E-state index is -0.197. The third-order valence-electron chi connectivity index (χ3n) is 5.05. The van der Waals surface area contributed by atoms with Crippen molar-refractivity contribution in [3.8, 4) is 28.6 Å². The summed E-state index contributed by atoms with van der Waals surface area (Å²) < 4.78 is 13.5. The van der Waals surface area contributed by atoms with Crippen molar-refractivity contribution < 1.29 is 14.3 Å². The van der Waals surface area contributed by atoms with Crippen molar-refractivity contribution in [2.45, 2.75) is 12.1 Å². The fourth-order valence-corrected chi connectivity index (χ4v) is 4.55. The van der Waals surface area contributed by atoms with Gasteiger partial charge in [0.15, 0.2) is 11.0 Å². The topological polar surface area (TPSA) is 78.3 Å². The molecule has 0 radical (unpaired) electrons. The lowest BCUT2D eigenvalue weighted by atomic mass is 10.2. The number of aromatic nitrogens is 3. The van der Waals surface area contributed by atoms with Gasteiger partial charge < -0.3 is 14.8 Å². The van der Waals surface area contributed by atoms with E-state index in [0.29, 0.717) is 28.2 Å². The molecule has 1 heterocycles. The second kappa shape index (κ2) is 10.8. The van der Waals surface area contributed by atoms with Gasteiger partial charge in [-0.3, -0.25) is 9.36 Å². The number of nitrogens with one attached hydrogen (secondary N) is 1.